The minimum atomic E-state index is -2.64. The molecule has 3 aliphatic carbocycles. The molecule has 1 fully saturated rings. The molecule has 10 nitrogen and oxygen atoms in total. The van der Waals surface area contributed by atoms with Crippen molar-refractivity contribution in [3.63, 3.8) is 0 Å². The highest BCUT2D eigenvalue weighted by molar-refractivity contribution is 6.24. The molecular formula is C30H41N3O7. The number of aliphatic hydroxyl groups is 3. The van der Waals surface area contributed by atoms with Gasteiger partial charge in [0, 0.05) is 31.1 Å². The highest BCUT2D eigenvalue weighted by Crippen LogP contribution is 2.53. The number of primary amides is 1. The first-order chi connectivity index (χ1) is 18.6. The number of nitrogens with two attached hydrogens (primary N) is 1. The molecule has 3 aliphatic rings. The number of hydrogen-bond acceptors (Lipinski definition) is 9. The van der Waals surface area contributed by atoms with E-state index in [1.165, 1.54) is 11.0 Å². The number of phenolic OH excluding ortho intramolecular Hbond substituents is 1. The van der Waals surface area contributed by atoms with Gasteiger partial charge in [0.15, 0.2) is 11.4 Å². The number of likely N-dealkylation sites (N-methyl/N-ethyl adjacent to an activating group) is 1. The van der Waals surface area contributed by atoms with Gasteiger partial charge in [-0.3, -0.25) is 24.2 Å². The van der Waals surface area contributed by atoms with Gasteiger partial charge in [0.25, 0.3) is 5.91 Å². The summed E-state index contributed by atoms with van der Waals surface area (Å²) in [6.07, 6.45) is 0.359. The van der Waals surface area contributed by atoms with Gasteiger partial charge in [-0.2, -0.15) is 0 Å². The number of hydrogen-bond donors (Lipinski definition) is 5. The minimum Gasteiger partial charge on any atom is -0.508 e. The Morgan fingerprint density at radius 3 is 2.20 bits per heavy atom. The molecular weight excluding hydrogens is 514 g/mol. The van der Waals surface area contributed by atoms with E-state index in [0.717, 1.165) is 18.7 Å². The Kier molecular flexibility index (Phi) is 7.92. The summed E-state index contributed by atoms with van der Waals surface area (Å²) < 4.78 is 0. The number of ketones is 2. The summed E-state index contributed by atoms with van der Waals surface area (Å²) in [5.74, 6) is -5.59. The van der Waals surface area contributed by atoms with E-state index in [4.69, 9.17) is 5.73 Å². The Morgan fingerprint density at radius 1 is 1.07 bits per heavy atom. The molecule has 0 saturated heterocycles. The van der Waals surface area contributed by atoms with Crippen LogP contribution in [0.15, 0.2) is 29.0 Å². The van der Waals surface area contributed by atoms with E-state index in [1.54, 1.807) is 14.1 Å². The van der Waals surface area contributed by atoms with Gasteiger partial charge < -0.3 is 26.2 Å². The van der Waals surface area contributed by atoms with Crippen molar-refractivity contribution in [2.45, 2.75) is 58.7 Å². The molecule has 0 aromatic heterocycles. The second kappa shape index (κ2) is 10.6. The van der Waals surface area contributed by atoms with Gasteiger partial charge in [0.05, 0.1) is 11.6 Å². The normalized spacial score (nSPS) is 26.6. The third-order valence-electron chi connectivity index (χ3n) is 8.34. The largest absolute Gasteiger partial charge is 0.508 e. The fourth-order valence-electron chi connectivity index (χ4n) is 6.93. The molecule has 1 aromatic rings. The smallest absolute Gasteiger partial charge is 0.255 e. The Balaban J connectivity index is 1.87. The number of carbonyl (C=O) groups excluding carboxylic acids is 3. The lowest BCUT2D eigenvalue weighted by Gasteiger charge is -2.50. The topological polar surface area (TPSA) is 165 Å². The second-order valence-corrected chi connectivity index (χ2v) is 12.5. The first kappa shape index (κ1) is 29.8. The number of aliphatic hydroxyl groups excluding tert-OH is 2. The van der Waals surface area contributed by atoms with E-state index in [1.807, 2.05) is 6.07 Å². The van der Waals surface area contributed by atoms with Crippen molar-refractivity contribution >= 4 is 23.2 Å². The van der Waals surface area contributed by atoms with Crippen LogP contribution in [0.25, 0.3) is 5.76 Å². The van der Waals surface area contributed by atoms with Crippen LogP contribution in [0.1, 0.15) is 50.8 Å². The molecule has 1 aromatic carbocycles. The monoisotopic (exact) mass is 555 g/mol. The quantitative estimate of drug-likeness (QED) is 0.302. The van der Waals surface area contributed by atoms with Crippen LogP contribution in [0, 0.1) is 23.7 Å². The lowest BCUT2D eigenvalue weighted by atomic mass is 9.57. The van der Waals surface area contributed by atoms with E-state index in [9.17, 15) is 34.8 Å². The summed E-state index contributed by atoms with van der Waals surface area (Å²) in [4.78, 5) is 43.2. The molecule has 218 valence electrons. The zero-order valence-electron chi connectivity index (χ0n) is 24.1. The number of nitrogens with zero attached hydrogens (tertiary/aromatic N) is 2. The number of rotatable bonds is 8. The van der Waals surface area contributed by atoms with Gasteiger partial charge in [0.1, 0.15) is 22.8 Å². The molecule has 40 heavy (non-hydrogen) atoms. The molecule has 4 rings (SSSR count). The molecule has 0 heterocycles. The van der Waals surface area contributed by atoms with Crippen LogP contribution < -0.4 is 5.73 Å². The van der Waals surface area contributed by atoms with Gasteiger partial charge in [-0.05, 0) is 61.9 Å². The fraction of sp³-hybridized carbons (Fsp3) is 0.567. The van der Waals surface area contributed by atoms with Crippen molar-refractivity contribution in [2.75, 3.05) is 27.2 Å². The zero-order valence-corrected chi connectivity index (χ0v) is 24.1. The van der Waals surface area contributed by atoms with Crippen molar-refractivity contribution < 1.29 is 34.8 Å². The number of fused-ring (bicyclic) bond motifs is 3. The predicted octanol–water partition coefficient (Wildman–Crippen LogP) is 2.08. The Labute approximate surface area is 234 Å². The van der Waals surface area contributed by atoms with Gasteiger partial charge in [-0.1, -0.05) is 33.8 Å². The first-order valence-electron chi connectivity index (χ1n) is 13.8. The average molecular weight is 556 g/mol. The van der Waals surface area contributed by atoms with Crippen LogP contribution in [0.2, 0.25) is 0 Å². The minimum absolute atomic E-state index is 0.0720. The highest BCUT2D eigenvalue weighted by atomic mass is 16.3. The number of benzene rings is 1. The van der Waals surface area contributed by atoms with Gasteiger partial charge in [0.2, 0.25) is 5.78 Å². The lowest BCUT2D eigenvalue weighted by molar-refractivity contribution is -0.153. The van der Waals surface area contributed by atoms with E-state index in [2.05, 4.69) is 32.6 Å². The molecule has 0 bridgehead atoms. The number of phenols is 1. The van der Waals surface area contributed by atoms with E-state index in [0.29, 0.717) is 23.9 Å². The van der Waals surface area contributed by atoms with E-state index in [-0.39, 0.29) is 29.7 Å². The summed E-state index contributed by atoms with van der Waals surface area (Å²) in [6.45, 7) is 10.9. The van der Waals surface area contributed by atoms with E-state index < -0.39 is 58.0 Å². The zero-order chi connectivity index (χ0) is 29.8. The summed E-state index contributed by atoms with van der Waals surface area (Å²) >= 11 is 0. The fourth-order valence-corrected chi connectivity index (χ4v) is 6.93. The maximum absolute atomic E-state index is 14.0. The summed E-state index contributed by atoms with van der Waals surface area (Å²) in [6, 6.07) is 2.22. The Bertz CT molecular complexity index is 1300. The molecule has 1 amide bonds. The van der Waals surface area contributed by atoms with Crippen LogP contribution in [0.4, 0.5) is 0 Å². The summed E-state index contributed by atoms with van der Waals surface area (Å²) in [7, 11) is 3.17. The maximum atomic E-state index is 14.0. The molecule has 0 aliphatic heterocycles. The average Bonchev–Trinajstić information content (AvgIpc) is 2.81. The van der Waals surface area contributed by atoms with Crippen molar-refractivity contribution in [3.05, 3.63) is 45.7 Å². The Hall–Kier alpha value is -3.21. The first-order valence-corrected chi connectivity index (χ1v) is 13.8. The van der Waals surface area contributed by atoms with Crippen LogP contribution in [-0.4, -0.2) is 86.5 Å². The third kappa shape index (κ3) is 4.71. The van der Waals surface area contributed by atoms with Crippen molar-refractivity contribution in [1.29, 1.82) is 0 Å². The van der Waals surface area contributed by atoms with Crippen molar-refractivity contribution in [1.82, 2.24) is 9.80 Å². The second-order valence-electron chi connectivity index (χ2n) is 12.5. The number of Topliss-reactive ketones (excluding diaryl/α,β-unsaturated/α-hetero) is 2. The van der Waals surface area contributed by atoms with Gasteiger partial charge in [-0.25, -0.2) is 0 Å². The van der Waals surface area contributed by atoms with Crippen LogP contribution in [-0.2, 0) is 27.3 Å². The molecule has 0 unspecified atom stereocenters. The van der Waals surface area contributed by atoms with E-state index >= 15 is 0 Å². The molecule has 10 heteroatoms. The highest BCUT2D eigenvalue weighted by Gasteiger charge is 2.64. The number of aromatic hydroxyl groups is 1. The maximum Gasteiger partial charge on any atom is 0.255 e. The van der Waals surface area contributed by atoms with Gasteiger partial charge in [-0.15, -0.1) is 0 Å². The Morgan fingerprint density at radius 2 is 1.68 bits per heavy atom. The molecule has 0 spiro atoms. The standard InChI is InChI=1S/C30H41N3O7/c1-14(2)11-33(12-15(3)4)13-16-7-8-20(34)22-18(16)9-17-10-19-24(32(5)6)26(36)23(29(31)39)28(38)30(19,40)27(37)21(17)25(22)35/h7-8,14-15,17,19,24,34-35,38,40H,9-13H2,1-6H3,(H2,31,39)/t17-,19-,24-,30+/m1/s1. The SMILES string of the molecule is CC(C)CN(Cc1ccc(O)c2c1C[C@@H]1C[C@@H]3[C@@H](N(C)C)C(=O)C(C(N)=O)=C(O)[C@@]3(O)C(=O)C1=C2O)CC(C)C. The van der Waals surface area contributed by atoms with Crippen LogP contribution in [0.3, 0.4) is 0 Å². The molecule has 0 radical (unpaired) electrons. The van der Waals surface area contributed by atoms with Crippen LogP contribution >= 0.6 is 0 Å². The molecule has 4 atom stereocenters. The third-order valence-corrected chi connectivity index (χ3v) is 8.34. The van der Waals surface area contributed by atoms with Crippen molar-refractivity contribution in [3.8, 4) is 5.75 Å². The van der Waals surface area contributed by atoms with Crippen molar-refractivity contribution in [2.24, 2.45) is 29.4 Å². The molecule has 1 saturated carbocycles. The number of amides is 1. The summed E-state index contributed by atoms with van der Waals surface area (Å²) in [5.41, 5.74) is 3.54. The summed E-state index contributed by atoms with van der Waals surface area (Å²) in [5, 5.41) is 45.0. The molecule has 6 N–H and O–H groups in total. The van der Waals surface area contributed by atoms with Gasteiger partial charge >= 0.3 is 0 Å². The number of carbonyl (C=O) groups is 3. The lowest BCUT2D eigenvalue weighted by Crippen LogP contribution is -2.65. The predicted molar refractivity (Wildman–Crippen MR) is 149 cm³/mol. The van der Waals surface area contributed by atoms with Crippen LogP contribution in [0.5, 0.6) is 5.75 Å².